The predicted molar refractivity (Wildman–Crippen MR) is 304 cm³/mol. The van der Waals surface area contributed by atoms with Gasteiger partial charge in [0.25, 0.3) is 0 Å². The molecule has 3 aromatic rings. The molecule has 442 valence electrons. The van der Waals surface area contributed by atoms with Gasteiger partial charge in [-0.05, 0) is 71.7 Å². The van der Waals surface area contributed by atoms with Crippen LogP contribution in [0.5, 0.6) is 0 Å². The summed E-state index contributed by atoms with van der Waals surface area (Å²) in [6.07, 6.45) is 7.80. The van der Waals surface area contributed by atoms with E-state index in [0.29, 0.717) is 50.2 Å². The van der Waals surface area contributed by atoms with Crippen LogP contribution in [0.4, 0.5) is 0 Å². The average molecular weight is 1160 g/mol. The van der Waals surface area contributed by atoms with Gasteiger partial charge < -0.3 is 42.3 Å². The lowest BCUT2D eigenvalue weighted by Crippen LogP contribution is -2.55. The van der Waals surface area contributed by atoms with Crippen LogP contribution in [0.2, 0.25) is 0 Å². The maximum atomic E-state index is 14.3. The van der Waals surface area contributed by atoms with E-state index >= 15 is 0 Å². The third kappa shape index (κ3) is 20.3. The van der Waals surface area contributed by atoms with Crippen molar-refractivity contribution in [2.24, 2.45) is 5.73 Å². The van der Waals surface area contributed by atoms with E-state index in [1.165, 1.54) is 12.7 Å². The Kier molecular flexibility index (Phi) is 27.3. The summed E-state index contributed by atoms with van der Waals surface area (Å²) in [6, 6.07) is 0.710. The molecule has 0 radical (unpaired) electrons. The zero-order valence-corrected chi connectivity index (χ0v) is 47.7. The lowest BCUT2D eigenvalue weighted by molar-refractivity contribution is -0.141. The molecule has 81 heavy (non-hydrogen) atoms. The molecule has 2 aromatic heterocycles. The standard InChI is InChI=1S/C53H77N15O11S2/c1-31(55-3)43(69)22-59-39(26-80)50(76)52(78)42-12-7-13-67(42)24-45(71)32(2)60-30-63-38(15-33-9-5-4-6-10-33)49(75)51(77)41-11-8-14-68(41)25-46(72)37(17-35-20-58-29-62-35)64-48(74)23-56-21-44(70)36(16-34-19-57-28-61-34)66-53(79)40(27-81)65-47(73)18-54/h4-6,9-10,19-20,28-29,31-32,36-42,55-56,59-60,63,80-81H,7-8,11-18,21-27,30,54H2,1-3H3,(H,57,61)(H,58,62)(H,64,74)(H,65,73)(H,66,79)/t31-,32-,36-,37-,38-,39-,40-,41-,42-/m0/s1. The summed E-state index contributed by atoms with van der Waals surface area (Å²) in [7, 11) is 1.64. The number of nitrogens with zero attached hydrogens (tertiary/aromatic N) is 4. The second-order valence-corrected chi connectivity index (χ2v) is 20.8. The van der Waals surface area contributed by atoms with E-state index in [2.05, 4.69) is 87.7 Å². The monoisotopic (exact) mass is 1160 g/mol. The zero-order valence-electron chi connectivity index (χ0n) is 45.9. The van der Waals surface area contributed by atoms with Gasteiger partial charge in [0.2, 0.25) is 40.9 Å². The summed E-state index contributed by atoms with van der Waals surface area (Å²) in [5.41, 5.74) is 7.06. The molecule has 2 saturated heterocycles. The Bertz CT molecular complexity index is 2610. The normalized spacial score (nSPS) is 18.1. The van der Waals surface area contributed by atoms with E-state index < -0.39 is 113 Å². The number of aromatic nitrogens is 4. The summed E-state index contributed by atoms with van der Waals surface area (Å²) < 4.78 is 0. The molecule has 0 spiro atoms. The number of carbonyl (C=O) groups excluding carboxylic acids is 11. The van der Waals surface area contributed by atoms with E-state index in [9.17, 15) is 52.7 Å². The molecule has 1 aromatic carbocycles. The smallest absolute Gasteiger partial charge is 0.244 e. The largest absolute Gasteiger partial charge is 0.351 e. The van der Waals surface area contributed by atoms with E-state index in [1.807, 2.05) is 18.2 Å². The molecular weight excluding hydrogens is 1090 g/mol. The van der Waals surface area contributed by atoms with Crippen molar-refractivity contribution < 1.29 is 52.7 Å². The van der Waals surface area contributed by atoms with Gasteiger partial charge in [0.1, 0.15) is 6.04 Å². The van der Waals surface area contributed by atoms with Crippen molar-refractivity contribution in [2.45, 2.75) is 113 Å². The number of aromatic amines is 2. The van der Waals surface area contributed by atoms with Crippen molar-refractivity contribution in [3.05, 3.63) is 72.3 Å². The minimum Gasteiger partial charge on any atom is -0.351 e. The van der Waals surface area contributed by atoms with E-state index in [1.54, 1.807) is 55.2 Å². The fourth-order valence-electron chi connectivity index (χ4n) is 9.38. The number of H-pyrrole nitrogens is 2. The number of rotatable bonds is 39. The molecule has 28 heteroatoms. The van der Waals surface area contributed by atoms with Crippen molar-refractivity contribution in [3.63, 3.8) is 0 Å². The Hall–Kier alpha value is -6.21. The summed E-state index contributed by atoms with van der Waals surface area (Å²) in [6.45, 7) is 2.28. The molecule has 0 aliphatic carbocycles. The maximum absolute atomic E-state index is 14.3. The first-order valence-corrected chi connectivity index (χ1v) is 28.3. The van der Waals surface area contributed by atoms with Crippen LogP contribution in [-0.2, 0) is 72.0 Å². The first-order chi connectivity index (χ1) is 38.9. The molecule has 3 amide bonds. The molecule has 2 aliphatic rings. The molecule has 26 nitrogen and oxygen atoms in total. The molecule has 2 aliphatic heterocycles. The lowest BCUT2D eigenvalue weighted by atomic mass is 9.95. The molecule has 9 atom stereocenters. The van der Waals surface area contributed by atoms with Gasteiger partial charge in [-0.15, -0.1) is 0 Å². The molecule has 12 N–H and O–H groups in total. The van der Waals surface area contributed by atoms with Crippen LogP contribution in [-0.4, -0.2) is 226 Å². The quantitative estimate of drug-likeness (QED) is 0.0147. The molecule has 2 fully saturated rings. The summed E-state index contributed by atoms with van der Waals surface area (Å²) in [4.78, 5) is 165. The van der Waals surface area contributed by atoms with Crippen LogP contribution >= 0.6 is 25.3 Å². The number of carbonyl (C=O) groups is 11. The summed E-state index contributed by atoms with van der Waals surface area (Å²) in [5, 5.41) is 22.5. The fraction of sp³-hybridized carbons (Fsp3) is 0.566. The zero-order chi connectivity index (χ0) is 59.0. The number of likely N-dealkylation sites (tertiary alicyclic amines) is 2. The Morgan fingerprint density at radius 1 is 0.617 bits per heavy atom. The highest BCUT2D eigenvalue weighted by atomic mass is 32.1. The van der Waals surface area contributed by atoms with Crippen molar-refractivity contribution in [2.75, 3.05) is 77.6 Å². The molecule has 0 bridgehead atoms. The maximum Gasteiger partial charge on any atom is 0.244 e. The Labute approximate surface area is 481 Å². The third-order valence-corrected chi connectivity index (χ3v) is 15.0. The lowest BCUT2D eigenvalue weighted by Gasteiger charge is -2.27. The second-order valence-electron chi connectivity index (χ2n) is 20.1. The topological polar surface area (TPSA) is 374 Å². The van der Waals surface area contributed by atoms with Gasteiger partial charge in [-0.25, -0.2) is 9.97 Å². The van der Waals surface area contributed by atoms with Gasteiger partial charge in [0.15, 0.2) is 23.1 Å². The number of nitrogens with two attached hydrogens (primary N) is 1. The van der Waals surface area contributed by atoms with Crippen LogP contribution in [0.25, 0.3) is 0 Å². The highest BCUT2D eigenvalue weighted by Crippen LogP contribution is 2.21. The Balaban J connectivity index is 1.17. The van der Waals surface area contributed by atoms with Crippen LogP contribution in [0.3, 0.4) is 0 Å². The van der Waals surface area contributed by atoms with E-state index in [4.69, 9.17) is 5.73 Å². The van der Waals surface area contributed by atoms with Crippen molar-refractivity contribution in [3.8, 4) is 0 Å². The van der Waals surface area contributed by atoms with Crippen LogP contribution in [0, 0.1) is 0 Å². The SMILES string of the molecule is CN[C@@H](C)C(=O)CN[C@@H](CS)C(=O)C(=O)[C@@H]1CCCN1CC(=O)[C@H](C)NCN[C@@H](Cc1ccccc1)C(=O)C(=O)[C@@H]1CCCN1CC(=O)[C@H](Cc1c[nH]cn1)NC(=O)CNCC(=O)[C@H](Cc1c[nH]cn1)NC(=O)[C@H](CS)NC(=O)CN. The number of likely N-dealkylation sites (N-methyl/N-ethyl adjacent to an activating group) is 1. The average Bonchev–Trinajstić information content (AvgIpc) is 4.37. The van der Waals surface area contributed by atoms with Gasteiger partial charge in [-0.2, -0.15) is 25.3 Å². The van der Waals surface area contributed by atoms with Crippen molar-refractivity contribution in [1.82, 2.24) is 72.3 Å². The number of benzene rings is 1. The van der Waals surface area contributed by atoms with Crippen LogP contribution in [0.15, 0.2) is 55.4 Å². The Morgan fingerprint density at radius 3 is 1.72 bits per heavy atom. The number of imidazole rings is 2. The number of Topliss-reactive ketones (excluding diaryl/α,β-unsaturated/α-hetero) is 8. The minimum absolute atomic E-state index is 0.00511. The van der Waals surface area contributed by atoms with Gasteiger partial charge in [-0.3, -0.25) is 78.5 Å². The highest BCUT2D eigenvalue weighted by Gasteiger charge is 2.41. The number of hydrogen-bond donors (Lipinski definition) is 13. The number of amides is 3. The third-order valence-electron chi connectivity index (χ3n) is 14.3. The first-order valence-electron chi connectivity index (χ1n) is 27.0. The number of nitrogens with one attached hydrogen (secondary N) is 10. The number of hydrogen-bond acceptors (Lipinski definition) is 23. The summed E-state index contributed by atoms with van der Waals surface area (Å²) in [5.74, 6) is -6.24. The van der Waals surface area contributed by atoms with Crippen molar-refractivity contribution in [1.29, 1.82) is 0 Å². The van der Waals surface area contributed by atoms with E-state index in [0.717, 1.165) is 5.56 Å². The minimum atomic E-state index is -1.13. The van der Waals surface area contributed by atoms with Gasteiger partial charge in [0.05, 0.1) is 112 Å². The number of ketones is 8. The van der Waals surface area contributed by atoms with Gasteiger partial charge in [-0.1, -0.05) is 30.3 Å². The highest BCUT2D eigenvalue weighted by molar-refractivity contribution is 7.80. The van der Waals surface area contributed by atoms with E-state index in [-0.39, 0.29) is 81.7 Å². The van der Waals surface area contributed by atoms with Crippen LogP contribution in [0.1, 0.15) is 56.5 Å². The predicted octanol–water partition coefficient (Wildman–Crippen LogP) is -4.04. The van der Waals surface area contributed by atoms with Crippen molar-refractivity contribution >= 4 is 89.2 Å². The molecule has 0 unspecified atom stereocenters. The summed E-state index contributed by atoms with van der Waals surface area (Å²) >= 11 is 8.38. The van der Waals surface area contributed by atoms with Gasteiger partial charge in [0, 0.05) is 43.4 Å². The fourth-order valence-corrected chi connectivity index (χ4v) is 9.93. The molecule has 5 rings (SSSR count). The van der Waals surface area contributed by atoms with Gasteiger partial charge >= 0.3 is 0 Å². The molecular formula is C53H77N15O11S2. The second kappa shape index (κ2) is 33.6. The molecule has 4 heterocycles. The first kappa shape index (κ1) is 65.6. The number of thiol groups is 2. The van der Waals surface area contributed by atoms with Crippen LogP contribution < -0.4 is 48.3 Å². The Morgan fingerprint density at radius 2 is 1.17 bits per heavy atom. The molecule has 0 saturated carbocycles.